The van der Waals surface area contributed by atoms with E-state index in [4.69, 9.17) is 0 Å². The summed E-state index contributed by atoms with van der Waals surface area (Å²) in [6, 6.07) is 7.18. The first-order valence-corrected chi connectivity index (χ1v) is 9.59. The smallest absolute Gasteiger partial charge is 0.279 e. The molecule has 0 unspecified atom stereocenters. The van der Waals surface area contributed by atoms with E-state index in [1.165, 1.54) is 10.5 Å². The van der Waals surface area contributed by atoms with Crippen molar-refractivity contribution in [1.29, 1.82) is 0 Å². The van der Waals surface area contributed by atoms with Gasteiger partial charge < -0.3 is 4.90 Å². The highest BCUT2D eigenvalue weighted by Gasteiger charge is 2.30. The molecule has 1 aromatic carbocycles. The van der Waals surface area contributed by atoms with Crippen LogP contribution in [0, 0.1) is 0 Å². The molecule has 0 spiro atoms. The number of hydrogen-bond acceptors (Lipinski definition) is 5. The molecule has 3 rings (SSSR count). The van der Waals surface area contributed by atoms with Gasteiger partial charge in [-0.3, -0.25) is 9.78 Å². The summed E-state index contributed by atoms with van der Waals surface area (Å²) in [6.45, 7) is 4.72. The normalized spacial score (nSPS) is 16.5. The van der Waals surface area contributed by atoms with Gasteiger partial charge in [0, 0.05) is 32.2 Å². The van der Waals surface area contributed by atoms with E-state index in [0.29, 0.717) is 18.6 Å². The first-order valence-electron chi connectivity index (χ1n) is 8.15. The fourth-order valence-electron chi connectivity index (χ4n) is 2.73. The van der Waals surface area contributed by atoms with Crippen molar-refractivity contribution in [3.8, 4) is 0 Å². The average Bonchev–Trinajstić information content (AvgIpc) is 2.60. The molecule has 1 saturated heterocycles. The zero-order valence-corrected chi connectivity index (χ0v) is 15.0. The van der Waals surface area contributed by atoms with Gasteiger partial charge in [-0.2, -0.15) is 17.4 Å². The van der Waals surface area contributed by atoms with Crippen LogP contribution < -0.4 is 4.72 Å². The molecule has 1 aliphatic rings. The number of para-hydroxylation sites is 2. The van der Waals surface area contributed by atoms with E-state index in [1.54, 1.807) is 24.8 Å². The van der Waals surface area contributed by atoms with Crippen LogP contribution in [0.5, 0.6) is 0 Å². The summed E-state index contributed by atoms with van der Waals surface area (Å²) in [6.07, 6.45) is 1.47. The Hall–Kier alpha value is -2.10. The summed E-state index contributed by atoms with van der Waals surface area (Å²) in [4.78, 5) is 22.8. The topological polar surface area (TPSA) is 95.5 Å². The van der Waals surface area contributed by atoms with Crippen molar-refractivity contribution < 1.29 is 13.2 Å². The summed E-state index contributed by atoms with van der Waals surface area (Å²) >= 11 is 0. The standard InChI is InChI=1S/C16H21N5O3S/c1-12(2)19-25(23,24)21-9-7-20(8-10-21)16(22)15-11-17-13-5-3-4-6-14(13)18-15/h3-6,11-12,19H,7-10H2,1-2H3. The summed E-state index contributed by atoms with van der Waals surface area (Å²) in [7, 11) is -3.51. The summed E-state index contributed by atoms with van der Waals surface area (Å²) in [5.74, 6) is -0.230. The molecule has 1 N–H and O–H groups in total. The van der Waals surface area contributed by atoms with Gasteiger partial charge >= 0.3 is 0 Å². The lowest BCUT2D eigenvalue weighted by Gasteiger charge is -2.34. The summed E-state index contributed by atoms with van der Waals surface area (Å²) < 4.78 is 28.3. The van der Waals surface area contributed by atoms with Gasteiger partial charge in [-0.05, 0) is 26.0 Å². The molecule has 1 amide bonds. The van der Waals surface area contributed by atoms with Crippen LogP contribution >= 0.6 is 0 Å². The highest BCUT2D eigenvalue weighted by atomic mass is 32.2. The first kappa shape index (κ1) is 17.7. The number of benzene rings is 1. The van der Waals surface area contributed by atoms with Crippen molar-refractivity contribution in [1.82, 2.24) is 23.9 Å². The Labute approximate surface area is 147 Å². The largest absolute Gasteiger partial charge is 0.335 e. The first-order chi connectivity index (χ1) is 11.9. The van der Waals surface area contributed by atoms with E-state index < -0.39 is 10.2 Å². The molecule has 2 aromatic rings. The number of carbonyl (C=O) groups excluding carboxylic acids is 1. The van der Waals surface area contributed by atoms with Gasteiger partial charge in [0.05, 0.1) is 17.2 Å². The van der Waals surface area contributed by atoms with Crippen molar-refractivity contribution in [2.75, 3.05) is 26.2 Å². The van der Waals surface area contributed by atoms with Crippen molar-refractivity contribution in [3.63, 3.8) is 0 Å². The summed E-state index contributed by atoms with van der Waals surface area (Å²) in [5.41, 5.74) is 1.67. The number of piperazine rings is 1. The van der Waals surface area contributed by atoms with Crippen LogP contribution in [0.25, 0.3) is 11.0 Å². The predicted octanol–water partition coefficient (Wildman–Crippen LogP) is 0.630. The third-order valence-electron chi connectivity index (χ3n) is 3.92. The number of amides is 1. The molecule has 134 valence electrons. The Bertz CT molecular complexity index is 876. The third kappa shape index (κ3) is 3.94. The van der Waals surface area contributed by atoms with Gasteiger partial charge in [-0.15, -0.1) is 0 Å². The van der Waals surface area contributed by atoms with Crippen LogP contribution in [0.2, 0.25) is 0 Å². The fourth-order valence-corrected chi connectivity index (χ4v) is 4.11. The molecule has 9 heteroatoms. The van der Waals surface area contributed by atoms with Gasteiger partial charge in [-0.25, -0.2) is 4.98 Å². The van der Waals surface area contributed by atoms with Gasteiger partial charge in [-0.1, -0.05) is 12.1 Å². The van der Waals surface area contributed by atoms with E-state index in [-0.39, 0.29) is 30.7 Å². The Morgan fingerprint density at radius 2 is 1.76 bits per heavy atom. The minimum Gasteiger partial charge on any atom is -0.335 e. The lowest BCUT2D eigenvalue weighted by atomic mass is 10.2. The maximum atomic E-state index is 12.6. The molecule has 1 aliphatic heterocycles. The van der Waals surface area contributed by atoms with Crippen LogP contribution in [0.4, 0.5) is 0 Å². The lowest BCUT2D eigenvalue weighted by molar-refractivity contribution is 0.0691. The number of fused-ring (bicyclic) bond motifs is 1. The van der Waals surface area contributed by atoms with Crippen LogP contribution in [-0.2, 0) is 10.2 Å². The molecule has 0 radical (unpaired) electrons. The van der Waals surface area contributed by atoms with E-state index in [1.807, 2.05) is 18.2 Å². The second kappa shape index (κ2) is 7.03. The van der Waals surface area contributed by atoms with Gasteiger partial charge in [0.2, 0.25) is 0 Å². The monoisotopic (exact) mass is 363 g/mol. The predicted molar refractivity (Wildman–Crippen MR) is 94.2 cm³/mol. The van der Waals surface area contributed by atoms with Crippen molar-refractivity contribution in [3.05, 3.63) is 36.2 Å². The van der Waals surface area contributed by atoms with E-state index in [9.17, 15) is 13.2 Å². The maximum Gasteiger partial charge on any atom is 0.279 e. The Balaban J connectivity index is 1.68. The van der Waals surface area contributed by atoms with E-state index in [0.717, 1.165) is 5.52 Å². The number of nitrogens with one attached hydrogen (secondary N) is 1. The third-order valence-corrected chi connectivity index (χ3v) is 5.73. The van der Waals surface area contributed by atoms with Gasteiger partial charge in [0.15, 0.2) is 0 Å². The quantitative estimate of drug-likeness (QED) is 0.860. The molecule has 1 fully saturated rings. The molecule has 0 bridgehead atoms. The molecule has 25 heavy (non-hydrogen) atoms. The van der Waals surface area contributed by atoms with E-state index >= 15 is 0 Å². The van der Waals surface area contributed by atoms with E-state index in [2.05, 4.69) is 14.7 Å². The van der Waals surface area contributed by atoms with Crippen LogP contribution in [-0.4, -0.2) is 65.7 Å². The second-order valence-corrected chi connectivity index (χ2v) is 7.92. The maximum absolute atomic E-state index is 12.6. The highest BCUT2D eigenvalue weighted by Crippen LogP contribution is 2.13. The van der Waals surface area contributed by atoms with Crippen molar-refractivity contribution in [2.45, 2.75) is 19.9 Å². The fraction of sp³-hybridized carbons (Fsp3) is 0.438. The Morgan fingerprint density at radius 3 is 2.40 bits per heavy atom. The second-order valence-electron chi connectivity index (χ2n) is 6.21. The molecule has 0 atom stereocenters. The number of carbonyl (C=O) groups is 1. The molecule has 8 nitrogen and oxygen atoms in total. The molecule has 1 aromatic heterocycles. The Morgan fingerprint density at radius 1 is 1.12 bits per heavy atom. The zero-order valence-electron chi connectivity index (χ0n) is 14.2. The van der Waals surface area contributed by atoms with Crippen molar-refractivity contribution in [2.24, 2.45) is 0 Å². The van der Waals surface area contributed by atoms with Gasteiger partial charge in [0.1, 0.15) is 5.69 Å². The van der Waals surface area contributed by atoms with Crippen molar-refractivity contribution >= 4 is 27.1 Å². The highest BCUT2D eigenvalue weighted by molar-refractivity contribution is 7.87. The van der Waals surface area contributed by atoms with Crippen LogP contribution in [0.15, 0.2) is 30.5 Å². The molecular formula is C16H21N5O3S. The molecule has 2 heterocycles. The molecule has 0 saturated carbocycles. The molecular weight excluding hydrogens is 342 g/mol. The minimum atomic E-state index is -3.51. The molecule has 0 aliphatic carbocycles. The minimum absolute atomic E-state index is 0.169. The Kier molecular flexibility index (Phi) is 4.98. The lowest BCUT2D eigenvalue weighted by Crippen LogP contribution is -2.54. The number of rotatable bonds is 4. The number of aromatic nitrogens is 2. The average molecular weight is 363 g/mol. The number of hydrogen-bond donors (Lipinski definition) is 1. The summed E-state index contributed by atoms with van der Waals surface area (Å²) in [5, 5.41) is 0. The van der Waals surface area contributed by atoms with Gasteiger partial charge in [0.25, 0.3) is 16.1 Å². The zero-order chi connectivity index (χ0) is 18.0. The van der Waals surface area contributed by atoms with Crippen LogP contribution in [0.1, 0.15) is 24.3 Å². The SMILES string of the molecule is CC(C)NS(=O)(=O)N1CCN(C(=O)c2cnc3ccccc3n2)CC1. The van der Waals surface area contributed by atoms with Crippen LogP contribution in [0.3, 0.4) is 0 Å². The number of nitrogens with zero attached hydrogens (tertiary/aromatic N) is 4.